The van der Waals surface area contributed by atoms with E-state index in [1.165, 1.54) is 10.4 Å². The molecule has 2 aromatic heterocycles. The quantitative estimate of drug-likeness (QED) is 0.880. The molecule has 2 aromatic rings. The number of carbonyl (C=O) groups excluding carboxylic acids is 1. The molecule has 5 heteroatoms. The standard InChI is InChI=1S/C12H15N3OS/c1-10-4-8-17-11(10)9-13-12(16)3-7-15-6-2-5-14-15/h2,4-6,8H,3,7,9H2,1H3,(H,13,16). The third-order valence-corrected chi connectivity index (χ3v) is 3.56. The van der Waals surface area contributed by atoms with Gasteiger partial charge in [-0.3, -0.25) is 9.48 Å². The van der Waals surface area contributed by atoms with Gasteiger partial charge in [0.2, 0.25) is 5.91 Å². The Kier molecular flexibility index (Phi) is 3.93. The maximum absolute atomic E-state index is 11.6. The van der Waals surface area contributed by atoms with Crippen molar-refractivity contribution in [2.45, 2.75) is 26.4 Å². The molecule has 0 aliphatic carbocycles. The van der Waals surface area contributed by atoms with Gasteiger partial charge >= 0.3 is 0 Å². The lowest BCUT2D eigenvalue weighted by atomic mass is 10.3. The monoisotopic (exact) mass is 249 g/mol. The molecule has 4 nitrogen and oxygen atoms in total. The highest BCUT2D eigenvalue weighted by molar-refractivity contribution is 7.10. The lowest BCUT2D eigenvalue weighted by molar-refractivity contribution is -0.121. The SMILES string of the molecule is Cc1ccsc1CNC(=O)CCn1cccn1. The summed E-state index contributed by atoms with van der Waals surface area (Å²) < 4.78 is 1.76. The molecule has 0 saturated heterocycles. The lowest BCUT2D eigenvalue weighted by Crippen LogP contribution is -2.23. The van der Waals surface area contributed by atoms with Crippen LogP contribution >= 0.6 is 11.3 Å². The van der Waals surface area contributed by atoms with Crippen molar-refractivity contribution in [1.29, 1.82) is 0 Å². The molecule has 0 spiro atoms. The number of aromatic nitrogens is 2. The summed E-state index contributed by atoms with van der Waals surface area (Å²) in [5.74, 6) is 0.0632. The van der Waals surface area contributed by atoms with Gasteiger partial charge in [0.25, 0.3) is 0 Å². The van der Waals surface area contributed by atoms with Gasteiger partial charge in [0.05, 0.1) is 6.54 Å². The maximum Gasteiger partial charge on any atom is 0.222 e. The van der Waals surface area contributed by atoms with E-state index in [1.807, 2.05) is 17.6 Å². The van der Waals surface area contributed by atoms with Gasteiger partial charge in [-0.15, -0.1) is 11.3 Å². The zero-order chi connectivity index (χ0) is 12.1. The van der Waals surface area contributed by atoms with Crippen LogP contribution in [-0.4, -0.2) is 15.7 Å². The van der Waals surface area contributed by atoms with Gasteiger partial charge in [-0.1, -0.05) is 0 Å². The van der Waals surface area contributed by atoms with Crippen LogP contribution in [0.3, 0.4) is 0 Å². The van der Waals surface area contributed by atoms with Crippen LogP contribution in [0.4, 0.5) is 0 Å². The average molecular weight is 249 g/mol. The third kappa shape index (κ3) is 3.42. The summed E-state index contributed by atoms with van der Waals surface area (Å²) in [5.41, 5.74) is 1.24. The van der Waals surface area contributed by atoms with E-state index in [9.17, 15) is 4.79 Å². The van der Waals surface area contributed by atoms with Gasteiger partial charge < -0.3 is 5.32 Å². The van der Waals surface area contributed by atoms with Gasteiger partial charge in [-0.05, 0) is 30.0 Å². The van der Waals surface area contributed by atoms with E-state index in [2.05, 4.69) is 23.4 Å². The minimum absolute atomic E-state index is 0.0632. The molecule has 0 fully saturated rings. The number of aryl methyl sites for hydroxylation is 2. The molecule has 90 valence electrons. The number of carbonyl (C=O) groups is 1. The Labute approximate surface area is 104 Å². The average Bonchev–Trinajstić information content (AvgIpc) is 2.95. The van der Waals surface area contributed by atoms with Crippen LogP contribution in [0.15, 0.2) is 29.9 Å². The molecule has 1 N–H and O–H groups in total. The van der Waals surface area contributed by atoms with Gasteiger partial charge in [0.15, 0.2) is 0 Å². The summed E-state index contributed by atoms with van der Waals surface area (Å²) in [4.78, 5) is 12.8. The fourth-order valence-corrected chi connectivity index (χ4v) is 2.35. The third-order valence-electron chi connectivity index (χ3n) is 2.54. The zero-order valence-corrected chi connectivity index (χ0v) is 10.5. The van der Waals surface area contributed by atoms with Crippen LogP contribution in [0.5, 0.6) is 0 Å². The predicted octanol–water partition coefficient (Wildman–Crippen LogP) is 1.96. The molecule has 0 atom stereocenters. The highest BCUT2D eigenvalue weighted by Crippen LogP contribution is 2.14. The number of amides is 1. The van der Waals surface area contributed by atoms with Crippen LogP contribution in [0.2, 0.25) is 0 Å². The Morgan fingerprint density at radius 1 is 1.59 bits per heavy atom. The van der Waals surface area contributed by atoms with E-state index < -0.39 is 0 Å². The van der Waals surface area contributed by atoms with Crippen molar-refractivity contribution in [1.82, 2.24) is 15.1 Å². The van der Waals surface area contributed by atoms with E-state index in [0.29, 0.717) is 19.5 Å². The molecule has 0 unspecified atom stereocenters. The fraction of sp³-hybridized carbons (Fsp3) is 0.333. The second-order valence-electron chi connectivity index (χ2n) is 3.82. The first-order valence-corrected chi connectivity index (χ1v) is 6.41. The molecule has 0 radical (unpaired) electrons. The van der Waals surface area contributed by atoms with Crippen molar-refractivity contribution in [3.05, 3.63) is 40.3 Å². The molecule has 0 aliphatic rings. The van der Waals surface area contributed by atoms with Crippen molar-refractivity contribution >= 4 is 17.2 Å². The topological polar surface area (TPSA) is 46.9 Å². The van der Waals surface area contributed by atoms with Crippen molar-refractivity contribution in [3.8, 4) is 0 Å². The smallest absolute Gasteiger partial charge is 0.222 e. The van der Waals surface area contributed by atoms with Crippen LogP contribution in [0, 0.1) is 6.92 Å². The van der Waals surface area contributed by atoms with Crippen molar-refractivity contribution in [3.63, 3.8) is 0 Å². The molecule has 2 heterocycles. The predicted molar refractivity (Wildman–Crippen MR) is 67.7 cm³/mol. The Morgan fingerprint density at radius 2 is 2.47 bits per heavy atom. The lowest BCUT2D eigenvalue weighted by Gasteiger charge is -2.04. The van der Waals surface area contributed by atoms with Crippen molar-refractivity contribution in [2.75, 3.05) is 0 Å². The highest BCUT2D eigenvalue weighted by Gasteiger charge is 2.04. The Bertz CT molecular complexity index is 476. The highest BCUT2D eigenvalue weighted by atomic mass is 32.1. The van der Waals surface area contributed by atoms with Crippen molar-refractivity contribution in [2.24, 2.45) is 0 Å². The molecule has 0 saturated carbocycles. The first-order chi connectivity index (χ1) is 8.25. The van der Waals surface area contributed by atoms with Gasteiger partial charge in [-0.25, -0.2) is 0 Å². The van der Waals surface area contributed by atoms with Gasteiger partial charge in [-0.2, -0.15) is 5.10 Å². The molecule has 0 bridgehead atoms. The number of nitrogens with one attached hydrogen (secondary N) is 1. The molecule has 2 rings (SSSR count). The second kappa shape index (κ2) is 5.63. The summed E-state index contributed by atoms with van der Waals surface area (Å²) in [7, 11) is 0. The van der Waals surface area contributed by atoms with E-state index >= 15 is 0 Å². The second-order valence-corrected chi connectivity index (χ2v) is 4.82. The van der Waals surface area contributed by atoms with Crippen LogP contribution < -0.4 is 5.32 Å². The zero-order valence-electron chi connectivity index (χ0n) is 9.72. The van der Waals surface area contributed by atoms with Crippen LogP contribution in [-0.2, 0) is 17.9 Å². The molecule has 1 amide bonds. The minimum Gasteiger partial charge on any atom is -0.351 e. The normalized spacial score (nSPS) is 10.4. The summed E-state index contributed by atoms with van der Waals surface area (Å²) in [6, 6.07) is 3.92. The minimum atomic E-state index is 0.0632. The number of rotatable bonds is 5. The molecular formula is C12H15N3OS. The summed E-state index contributed by atoms with van der Waals surface area (Å²) in [6.45, 7) is 3.31. The molecule has 17 heavy (non-hydrogen) atoms. The molecular weight excluding hydrogens is 234 g/mol. The number of nitrogens with zero attached hydrogens (tertiary/aromatic N) is 2. The molecule has 0 aromatic carbocycles. The summed E-state index contributed by atoms with van der Waals surface area (Å²) in [5, 5.41) is 9.01. The Hall–Kier alpha value is -1.62. The fourth-order valence-electron chi connectivity index (χ4n) is 1.50. The van der Waals surface area contributed by atoms with E-state index in [4.69, 9.17) is 0 Å². The van der Waals surface area contributed by atoms with E-state index in [0.717, 1.165) is 0 Å². The Balaban J connectivity index is 1.73. The van der Waals surface area contributed by atoms with E-state index in [1.54, 1.807) is 22.2 Å². The Morgan fingerprint density at radius 3 is 3.12 bits per heavy atom. The van der Waals surface area contributed by atoms with Gasteiger partial charge in [0, 0.05) is 30.2 Å². The maximum atomic E-state index is 11.6. The van der Waals surface area contributed by atoms with Crippen LogP contribution in [0.1, 0.15) is 16.9 Å². The number of hydrogen-bond donors (Lipinski definition) is 1. The first kappa shape index (κ1) is 11.9. The largest absolute Gasteiger partial charge is 0.351 e. The summed E-state index contributed by atoms with van der Waals surface area (Å²) in [6.07, 6.45) is 4.04. The van der Waals surface area contributed by atoms with Gasteiger partial charge in [0.1, 0.15) is 0 Å². The van der Waals surface area contributed by atoms with Crippen molar-refractivity contribution < 1.29 is 4.79 Å². The number of hydrogen-bond acceptors (Lipinski definition) is 3. The first-order valence-electron chi connectivity index (χ1n) is 5.53. The molecule has 0 aliphatic heterocycles. The number of thiophene rings is 1. The summed E-state index contributed by atoms with van der Waals surface area (Å²) >= 11 is 1.68. The van der Waals surface area contributed by atoms with E-state index in [-0.39, 0.29) is 5.91 Å². The van der Waals surface area contributed by atoms with Crippen LogP contribution in [0.25, 0.3) is 0 Å².